The number of nitriles is 1. The van der Waals surface area contributed by atoms with Gasteiger partial charge in [-0.05, 0) is 69.2 Å². The van der Waals surface area contributed by atoms with Crippen molar-refractivity contribution < 1.29 is 9.59 Å². The number of guanidine groups is 1. The average molecular weight is 411 g/mol. The molecule has 2 fully saturated rings. The van der Waals surface area contributed by atoms with E-state index < -0.39 is 6.04 Å². The Balaban J connectivity index is 1.74. The fourth-order valence-electron chi connectivity index (χ4n) is 4.08. The molecule has 1 aromatic rings. The fourth-order valence-corrected chi connectivity index (χ4v) is 4.08. The Labute approximate surface area is 177 Å². The molecule has 2 aliphatic rings. The SMILES string of the molecule is Cc1cc(C)cc(NC(=NC2CCCCN(CC(=O)N3CCCC3)C2=O)NC#N)c1. The smallest absolute Gasteiger partial charge is 0.247 e. The van der Waals surface area contributed by atoms with Gasteiger partial charge >= 0.3 is 0 Å². The van der Waals surface area contributed by atoms with Gasteiger partial charge in [0.15, 0.2) is 6.19 Å². The van der Waals surface area contributed by atoms with Crippen molar-refractivity contribution in [3.63, 3.8) is 0 Å². The first kappa shape index (κ1) is 21.6. The molecule has 2 N–H and O–H groups in total. The molecule has 0 radical (unpaired) electrons. The van der Waals surface area contributed by atoms with Crippen LogP contribution in [0.2, 0.25) is 0 Å². The van der Waals surface area contributed by atoms with Crippen molar-refractivity contribution in [1.82, 2.24) is 15.1 Å². The lowest BCUT2D eigenvalue weighted by atomic mass is 10.1. The molecule has 0 aliphatic carbocycles. The summed E-state index contributed by atoms with van der Waals surface area (Å²) in [5.74, 6) is 0.0993. The number of aryl methyl sites for hydroxylation is 2. The van der Waals surface area contributed by atoms with Crippen molar-refractivity contribution in [1.29, 1.82) is 5.26 Å². The summed E-state index contributed by atoms with van der Waals surface area (Å²) >= 11 is 0. The van der Waals surface area contributed by atoms with E-state index in [4.69, 9.17) is 5.26 Å². The highest BCUT2D eigenvalue weighted by Gasteiger charge is 2.30. The standard InChI is InChI=1S/C22H30N6O2/c1-16-11-17(2)13-18(12-16)25-22(24-15-23)26-19-7-3-4-10-28(21(19)30)14-20(29)27-8-5-6-9-27/h11-13,19H,3-10,14H2,1-2H3,(H2,24,25,26). The van der Waals surface area contributed by atoms with Crippen molar-refractivity contribution in [2.24, 2.45) is 4.99 Å². The van der Waals surface area contributed by atoms with Gasteiger partial charge in [-0.3, -0.25) is 14.9 Å². The van der Waals surface area contributed by atoms with Gasteiger partial charge in [0.2, 0.25) is 17.8 Å². The van der Waals surface area contributed by atoms with Crippen molar-refractivity contribution in [3.8, 4) is 6.19 Å². The van der Waals surface area contributed by atoms with Gasteiger partial charge in [0.1, 0.15) is 6.04 Å². The lowest BCUT2D eigenvalue weighted by molar-refractivity contribution is -0.140. The van der Waals surface area contributed by atoms with Crippen LogP contribution in [-0.2, 0) is 9.59 Å². The summed E-state index contributed by atoms with van der Waals surface area (Å²) < 4.78 is 0. The predicted molar refractivity (Wildman–Crippen MR) is 116 cm³/mol. The summed E-state index contributed by atoms with van der Waals surface area (Å²) in [5, 5.41) is 14.8. The van der Waals surface area contributed by atoms with E-state index in [0.29, 0.717) is 13.0 Å². The van der Waals surface area contributed by atoms with Crippen LogP contribution in [0.3, 0.4) is 0 Å². The zero-order chi connectivity index (χ0) is 21.5. The molecule has 1 unspecified atom stereocenters. The molecule has 2 aliphatic heterocycles. The highest BCUT2D eigenvalue weighted by molar-refractivity contribution is 5.97. The minimum absolute atomic E-state index is 0.00853. The van der Waals surface area contributed by atoms with E-state index in [1.54, 1.807) is 4.90 Å². The number of anilines is 1. The van der Waals surface area contributed by atoms with E-state index in [9.17, 15) is 9.59 Å². The summed E-state index contributed by atoms with van der Waals surface area (Å²) in [7, 11) is 0. The molecule has 30 heavy (non-hydrogen) atoms. The summed E-state index contributed by atoms with van der Waals surface area (Å²) in [5.41, 5.74) is 2.98. The zero-order valence-electron chi connectivity index (χ0n) is 17.8. The highest BCUT2D eigenvalue weighted by Crippen LogP contribution is 2.18. The van der Waals surface area contributed by atoms with Crippen LogP contribution in [0.4, 0.5) is 5.69 Å². The number of nitrogens with zero attached hydrogens (tertiary/aromatic N) is 4. The number of amides is 2. The molecule has 0 bridgehead atoms. The summed E-state index contributed by atoms with van der Waals surface area (Å²) in [6, 6.07) is 5.35. The first-order valence-electron chi connectivity index (χ1n) is 10.6. The maximum atomic E-state index is 13.1. The number of likely N-dealkylation sites (tertiary alicyclic amines) is 2. The summed E-state index contributed by atoms with van der Waals surface area (Å²) in [6.45, 7) is 6.22. The van der Waals surface area contributed by atoms with Crippen molar-refractivity contribution in [2.45, 2.75) is 52.0 Å². The fraction of sp³-hybridized carbons (Fsp3) is 0.545. The molecule has 1 atom stereocenters. The Morgan fingerprint density at radius 3 is 2.47 bits per heavy atom. The Morgan fingerprint density at radius 2 is 1.80 bits per heavy atom. The first-order valence-corrected chi connectivity index (χ1v) is 10.6. The highest BCUT2D eigenvalue weighted by atomic mass is 16.2. The van der Waals surface area contributed by atoms with Gasteiger partial charge in [-0.25, -0.2) is 4.99 Å². The minimum Gasteiger partial charge on any atom is -0.341 e. The number of rotatable bonds is 4. The Morgan fingerprint density at radius 1 is 1.13 bits per heavy atom. The molecular formula is C22H30N6O2. The van der Waals surface area contributed by atoms with Gasteiger partial charge in [-0.15, -0.1) is 0 Å². The van der Waals surface area contributed by atoms with Crippen LogP contribution in [0.25, 0.3) is 0 Å². The van der Waals surface area contributed by atoms with E-state index in [0.717, 1.165) is 55.6 Å². The van der Waals surface area contributed by atoms with E-state index in [1.807, 2.05) is 37.1 Å². The number of hydrogen-bond acceptors (Lipinski definition) is 4. The second-order valence-corrected chi connectivity index (χ2v) is 8.08. The van der Waals surface area contributed by atoms with Crippen LogP contribution >= 0.6 is 0 Å². The molecular weight excluding hydrogens is 380 g/mol. The third-order valence-electron chi connectivity index (χ3n) is 5.48. The number of aliphatic imine (C=N–C) groups is 1. The molecule has 0 spiro atoms. The van der Waals surface area contributed by atoms with Gasteiger partial charge in [0.25, 0.3) is 0 Å². The minimum atomic E-state index is -0.617. The molecule has 0 saturated carbocycles. The topological polar surface area (TPSA) is 101 Å². The predicted octanol–water partition coefficient (Wildman–Crippen LogP) is 2.15. The van der Waals surface area contributed by atoms with Gasteiger partial charge in [0.05, 0.1) is 6.54 Å². The van der Waals surface area contributed by atoms with Gasteiger partial charge in [0, 0.05) is 25.3 Å². The normalized spacial score (nSPS) is 20.0. The Kier molecular flexibility index (Phi) is 7.28. The lowest BCUT2D eigenvalue weighted by Gasteiger charge is -2.25. The molecule has 1 aromatic carbocycles. The van der Waals surface area contributed by atoms with E-state index >= 15 is 0 Å². The molecule has 8 nitrogen and oxygen atoms in total. The van der Waals surface area contributed by atoms with Crippen LogP contribution < -0.4 is 10.6 Å². The van der Waals surface area contributed by atoms with Crippen LogP contribution in [0, 0.1) is 25.3 Å². The molecule has 2 saturated heterocycles. The largest absolute Gasteiger partial charge is 0.341 e. The molecule has 2 heterocycles. The van der Waals surface area contributed by atoms with Gasteiger partial charge < -0.3 is 15.1 Å². The molecule has 160 valence electrons. The summed E-state index contributed by atoms with van der Waals surface area (Å²) in [4.78, 5) is 33.6. The lowest BCUT2D eigenvalue weighted by Crippen LogP contribution is -2.45. The van der Waals surface area contributed by atoms with E-state index in [2.05, 4.69) is 21.7 Å². The van der Waals surface area contributed by atoms with Gasteiger partial charge in [-0.1, -0.05) is 6.07 Å². The maximum Gasteiger partial charge on any atom is 0.247 e. The Bertz CT molecular complexity index is 833. The number of carbonyl (C=O) groups excluding carboxylic acids is 2. The van der Waals surface area contributed by atoms with Crippen LogP contribution in [0.5, 0.6) is 0 Å². The van der Waals surface area contributed by atoms with Crippen molar-refractivity contribution >= 4 is 23.5 Å². The maximum absolute atomic E-state index is 13.1. The molecule has 8 heteroatoms. The zero-order valence-corrected chi connectivity index (χ0v) is 17.8. The van der Waals surface area contributed by atoms with E-state index in [1.165, 1.54) is 0 Å². The van der Waals surface area contributed by atoms with Gasteiger partial charge in [-0.2, -0.15) is 5.26 Å². The number of nitrogens with one attached hydrogen (secondary N) is 2. The second-order valence-electron chi connectivity index (χ2n) is 8.08. The first-order chi connectivity index (χ1) is 14.5. The number of benzene rings is 1. The molecule has 2 amide bonds. The average Bonchev–Trinajstić information content (AvgIpc) is 3.17. The molecule has 0 aromatic heterocycles. The van der Waals surface area contributed by atoms with Crippen LogP contribution in [0.15, 0.2) is 23.2 Å². The van der Waals surface area contributed by atoms with Crippen LogP contribution in [0.1, 0.15) is 43.2 Å². The quantitative estimate of drug-likeness (QED) is 0.343. The number of carbonyl (C=O) groups is 2. The van der Waals surface area contributed by atoms with Crippen molar-refractivity contribution in [3.05, 3.63) is 29.3 Å². The molecule has 3 rings (SSSR count). The second kappa shape index (κ2) is 10.1. The van der Waals surface area contributed by atoms with Crippen molar-refractivity contribution in [2.75, 3.05) is 31.5 Å². The van der Waals surface area contributed by atoms with Crippen LogP contribution in [-0.4, -0.2) is 59.8 Å². The summed E-state index contributed by atoms with van der Waals surface area (Å²) in [6.07, 6.45) is 6.23. The van der Waals surface area contributed by atoms with E-state index in [-0.39, 0.29) is 24.3 Å². The monoisotopic (exact) mass is 410 g/mol. The Hall–Kier alpha value is -3.08. The number of hydrogen-bond donors (Lipinski definition) is 2. The third-order valence-corrected chi connectivity index (χ3v) is 5.48. The third kappa shape index (κ3) is 5.72.